The smallest absolute Gasteiger partial charge is 0.241 e. The maximum absolute atomic E-state index is 13.1. The molecule has 0 radical (unpaired) electrons. The number of benzene rings is 2. The maximum atomic E-state index is 13.1. The number of pyridine rings is 1. The van der Waals surface area contributed by atoms with Gasteiger partial charge in [0.2, 0.25) is 5.91 Å². The van der Waals surface area contributed by atoms with Gasteiger partial charge >= 0.3 is 0 Å². The van der Waals surface area contributed by atoms with Crippen molar-refractivity contribution in [2.24, 2.45) is 0 Å². The third kappa shape index (κ3) is 6.18. The lowest BCUT2D eigenvalue weighted by molar-refractivity contribution is -0.119. The van der Waals surface area contributed by atoms with Crippen molar-refractivity contribution in [1.82, 2.24) is 19.4 Å². The van der Waals surface area contributed by atoms with Gasteiger partial charge in [-0.3, -0.25) is 9.36 Å². The molecule has 184 valence electrons. The topological polar surface area (TPSA) is 63.5 Å². The van der Waals surface area contributed by atoms with Crippen molar-refractivity contribution in [1.29, 1.82) is 0 Å². The van der Waals surface area contributed by atoms with E-state index in [9.17, 15) is 4.79 Å². The van der Waals surface area contributed by atoms with Crippen LogP contribution in [-0.4, -0.2) is 52.6 Å². The van der Waals surface area contributed by atoms with Gasteiger partial charge in [-0.1, -0.05) is 31.2 Å². The minimum atomic E-state index is 0. The second-order valence-electron chi connectivity index (χ2n) is 8.47. The fourth-order valence-electron chi connectivity index (χ4n) is 3.84. The Kier molecular flexibility index (Phi) is 8.84. The monoisotopic (exact) mass is 493 g/mol. The summed E-state index contributed by atoms with van der Waals surface area (Å²) in [6, 6.07) is 18.2. The zero-order valence-electron chi connectivity index (χ0n) is 20.6. The van der Waals surface area contributed by atoms with E-state index in [-0.39, 0.29) is 18.3 Å². The van der Waals surface area contributed by atoms with Crippen LogP contribution in [0.2, 0.25) is 0 Å². The molecule has 4 rings (SSSR count). The van der Waals surface area contributed by atoms with Crippen LogP contribution < -0.4 is 9.64 Å². The van der Waals surface area contributed by atoms with E-state index in [1.54, 1.807) is 17.4 Å². The molecule has 0 unspecified atom stereocenters. The number of aromatic nitrogens is 3. The minimum Gasteiger partial charge on any atom is -0.494 e. The van der Waals surface area contributed by atoms with Gasteiger partial charge in [-0.25, -0.2) is 9.97 Å². The highest BCUT2D eigenvalue weighted by molar-refractivity contribution is 5.96. The van der Waals surface area contributed by atoms with Gasteiger partial charge in [-0.15, -0.1) is 12.4 Å². The molecule has 0 aliphatic carbocycles. The molecule has 2 aromatic carbocycles. The maximum Gasteiger partial charge on any atom is 0.241 e. The fourth-order valence-corrected chi connectivity index (χ4v) is 3.84. The average Bonchev–Trinajstić information content (AvgIpc) is 3.26. The number of halogens is 1. The van der Waals surface area contributed by atoms with Gasteiger partial charge in [0.15, 0.2) is 5.65 Å². The molecule has 7 nitrogen and oxygen atoms in total. The van der Waals surface area contributed by atoms with E-state index in [2.05, 4.69) is 41.2 Å². The number of ether oxygens (including phenoxy) is 1. The van der Waals surface area contributed by atoms with E-state index in [0.717, 1.165) is 40.3 Å². The highest BCUT2D eigenvalue weighted by Crippen LogP contribution is 2.24. The number of anilines is 1. The SMILES string of the molecule is CCOc1ccc(-n2cnc3cc(N(Cc4ccc(CC)cc4)C(=O)CN(C)C)cnc32)cc1.Cl. The van der Waals surface area contributed by atoms with Gasteiger partial charge in [0.05, 0.1) is 31.6 Å². The van der Waals surface area contributed by atoms with Crippen LogP contribution in [0, 0.1) is 0 Å². The summed E-state index contributed by atoms with van der Waals surface area (Å²) in [5.41, 5.74) is 5.50. The molecular weight excluding hydrogens is 462 g/mol. The number of amides is 1. The van der Waals surface area contributed by atoms with Crippen LogP contribution in [0.5, 0.6) is 5.75 Å². The van der Waals surface area contributed by atoms with Crippen LogP contribution >= 0.6 is 12.4 Å². The second-order valence-corrected chi connectivity index (χ2v) is 8.47. The van der Waals surface area contributed by atoms with Gasteiger partial charge in [0, 0.05) is 5.69 Å². The third-order valence-electron chi connectivity index (χ3n) is 5.64. The van der Waals surface area contributed by atoms with Crippen LogP contribution in [0.1, 0.15) is 25.0 Å². The number of likely N-dealkylation sites (N-methyl/N-ethyl adjacent to an activating group) is 1. The summed E-state index contributed by atoms with van der Waals surface area (Å²) in [4.78, 5) is 26.1. The lowest BCUT2D eigenvalue weighted by atomic mass is 10.1. The summed E-state index contributed by atoms with van der Waals surface area (Å²) in [7, 11) is 3.79. The molecule has 2 heterocycles. The van der Waals surface area contributed by atoms with Crippen LogP contribution in [0.4, 0.5) is 5.69 Å². The first kappa shape index (κ1) is 26.2. The average molecular weight is 494 g/mol. The number of fused-ring (bicyclic) bond motifs is 1. The predicted molar refractivity (Wildman–Crippen MR) is 143 cm³/mol. The molecular formula is C27H32ClN5O2. The van der Waals surface area contributed by atoms with E-state index < -0.39 is 0 Å². The molecule has 0 spiro atoms. The van der Waals surface area contributed by atoms with E-state index in [4.69, 9.17) is 4.74 Å². The molecule has 1 amide bonds. The van der Waals surface area contributed by atoms with Gasteiger partial charge in [-0.2, -0.15) is 0 Å². The molecule has 0 N–H and O–H groups in total. The highest BCUT2D eigenvalue weighted by Gasteiger charge is 2.19. The summed E-state index contributed by atoms with van der Waals surface area (Å²) in [5, 5.41) is 0. The number of carbonyl (C=O) groups excluding carboxylic acids is 1. The van der Waals surface area contributed by atoms with Crippen molar-refractivity contribution in [2.45, 2.75) is 26.8 Å². The lowest BCUT2D eigenvalue weighted by Gasteiger charge is -2.24. The molecule has 2 aromatic heterocycles. The summed E-state index contributed by atoms with van der Waals surface area (Å²) in [6.07, 6.45) is 4.50. The van der Waals surface area contributed by atoms with Gasteiger partial charge in [0.25, 0.3) is 0 Å². The first-order chi connectivity index (χ1) is 16.5. The molecule has 0 fully saturated rings. The van der Waals surface area contributed by atoms with Crippen molar-refractivity contribution >= 4 is 35.2 Å². The Morgan fingerprint density at radius 2 is 1.66 bits per heavy atom. The Bertz CT molecular complexity index is 1250. The summed E-state index contributed by atoms with van der Waals surface area (Å²) in [5.74, 6) is 0.838. The van der Waals surface area contributed by atoms with Crippen molar-refractivity contribution in [2.75, 3.05) is 32.1 Å². The molecule has 8 heteroatoms. The van der Waals surface area contributed by atoms with E-state index >= 15 is 0 Å². The molecule has 0 aliphatic rings. The highest BCUT2D eigenvalue weighted by atomic mass is 35.5. The minimum absolute atomic E-state index is 0. The van der Waals surface area contributed by atoms with Gasteiger partial charge in [-0.05, 0) is 68.9 Å². The number of hydrogen-bond acceptors (Lipinski definition) is 5. The van der Waals surface area contributed by atoms with Crippen molar-refractivity contribution < 1.29 is 9.53 Å². The Hall–Kier alpha value is -3.42. The Labute approximate surface area is 212 Å². The normalized spacial score (nSPS) is 10.9. The molecule has 0 saturated heterocycles. The summed E-state index contributed by atoms with van der Waals surface area (Å²) in [6.45, 7) is 5.51. The Morgan fingerprint density at radius 1 is 0.971 bits per heavy atom. The number of rotatable bonds is 9. The molecule has 0 bridgehead atoms. The molecule has 0 atom stereocenters. The fraction of sp³-hybridized carbons (Fsp3) is 0.296. The van der Waals surface area contributed by atoms with Crippen LogP contribution in [0.15, 0.2) is 67.1 Å². The quantitative estimate of drug-likeness (QED) is 0.332. The molecule has 0 aliphatic heterocycles. The first-order valence-corrected chi connectivity index (χ1v) is 11.6. The molecule has 4 aromatic rings. The summed E-state index contributed by atoms with van der Waals surface area (Å²) < 4.78 is 7.47. The Balaban J connectivity index is 0.00000342. The predicted octanol–water partition coefficient (Wildman–Crippen LogP) is 4.90. The number of carbonyl (C=O) groups is 1. The lowest BCUT2D eigenvalue weighted by Crippen LogP contribution is -2.37. The van der Waals surface area contributed by atoms with E-state index in [0.29, 0.717) is 19.7 Å². The van der Waals surface area contributed by atoms with Crippen molar-refractivity contribution in [3.8, 4) is 11.4 Å². The van der Waals surface area contributed by atoms with Crippen molar-refractivity contribution in [3.05, 3.63) is 78.2 Å². The molecule has 35 heavy (non-hydrogen) atoms. The largest absolute Gasteiger partial charge is 0.494 e. The van der Waals surface area contributed by atoms with Crippen LogP contribution in [0.25, 0.3) is 16.9 Å². The van der Waals surface area contributed by atoms with Crippen LogP contribution in [-0.2, 0) is 17.8 Å². The Morgan fingerprint density at radius 3 is 2.29 bits per heavy atom. The van der Waals surface area contributed by atoms with E-state index in [1.165, 1.54) is 5.56 Å². The zero-order chi connectivity index (χ0) is 24.1. The standard InChI is InChI=1S/C27H31N5O2.ClH/c1-5-20-7-9-21(10-8-20)17-31(26(33)18-30(3)4)23-15-25-27(28-16-23)32(19-29-25)22-11-13-24(14-12-22)34-6-2;/h7-16,19H,5-6,17-18H2,1-4H3;1H. The first-order valence-electron chi connectivity index (χ1n) is 11.6. The number of aryl methyl sites for hydroxylation is 1. The number of imidazole rings is 1. The van der Waals surface area contributed by atoms with Gasteiger partial charge < -0.3 is 14.5 Å². The number of hydrogen-bond donors (Lipinski definition) is 0. The molecule has 0 saturated carbocycles. The zero-order valence-corrected chi connectivity index (χ0v) is 21.5. The number of nitrogens with zero attached hydrogens (tertiary/aromatic N) is 5. The van der Waals surface area contributed by atoms with E-state index in [1.807, 2.05) is 60.8 Å². The second kappa shape index (κ2) is 11.8. The third-order valence-corrected chi connectivity index (χ3v) is 5.64. The van der Waals surface area contributed by atoms with Crippen LogP contribution in [0.3, 0.4) is 0 Å². The summed E-state index contributed by atoms with van der Waals surface area (Å²) >= 11 is 0. The van der Waals surface area contributed by atoms with Crippen molar-refractivity contribution in [3.63, 3.8) is 0 Å². The van der Waals surface area contributed by atoms with Gasteiger partial charge in [0.1, 0.15) is 17.6 Å².